The normalized spacial score (nSPS) is 11.0. The second-order valence-electron chi connectivity index (χ2n) is 6.82. The molecule has 0 unspecified atom stereocenters. The van der Waals surface area contributed by atoms with Crippen molar-refractivity contribution in [3.8, 4) is 23.1 Å². The van der Waals surface area contributed by atoms with E-state index in [9.17, 15) is 14.7 Å². The molecule has 3 aromatic rings. The van der Waals surface area contributed by atoms with E-state index in [1.165, 1.54) is 26.5 Å². The lowest BCUT2D eigenvalue weighted by molar-refractivity contribution is 0.393. The first-order valence-electron chi connectivity index (χ1n) is 10.1. The van der Waals surface area contributed by atoms with Crippen LogP contribution in [0.4, 0.5) is 11.4 Å². The third-order valence-electron chi connectivity index (χ3n) is 5.07. The number of aromatic nitrogens is 2. The van der Waals surface area contributed by atoms with Crippen LogP contribution in [0.1, 0.15) is 19.4 Å². The monoisotopic (exact) mass is 438 g/mol. The Morgan fingerprint density at radius 2 is 1.75 bits per heavy atom. The molecule has 1 heterocycles. The molecule has 0 amide bonds. The first kappa shape index (κ1) is 22.7. The van der Waals surface area contributed by atoms with Crippen molar-refractivity contribution in [3.05, 3.63) is 68.9 Å². The second-order valence-corrected chi connectivity index (χ2v) is 6.82. The molecule has 0 bridgehead atoms. The summed E-state index contributed by atoms with van der Waals surface area (Å²) < 4.78 is 11.4. The molecule has 1 aromatic heterocycles. The van der Waals surface area contributed by atoms with Crippen LogP contribution >= 0.6 is 0 Å². The number of anilines is 1. The Labute approximate surface area is 185 Å². The van der Waals surface area contributed by atoms with Gasteiger partial charge in [-0.2, -0.15) is 0 Å². The number of nitrogens with zero attached hydrogens (tertiary/aromatic N) is 3. The molecule has 2 N–H and O–H groups in total. The van der Waals surface area contributed by atoms with Gasteiger partial charge in [0, 0.05) is 31.1 Å². The van der Waals surface area contributed by atoms with E-state index in [0.29, 0.717) is 17.2 Å². The summed E-state index contributed by atoms with van der Waals surface area (Å²) in [5.41, 5.74) is 0.129. The van der Waals surface area contributed by atoms with Gasteiger partial charge in [-0.25, -0.2) is 9.36 Å². The van der Waals surface area contributed by atoms with Crippen molar-refractivity contribution in [1.82, 2.24) is 9.55 Å². The lowest BCUT2D eigenvalue weighted by Crippen LogP contribution is -2.31. The molecule has 0 saturated carbocycles. The standard InChI is InChI=1S/C23H26N4O5/c1-5-26(6-2)16-9-7-15(8-10-16)24-14-18-21(28)25-23(30)27(22(18)29)19-13-17(31-3)11-12-20(19)32-4/h7-14,29H,5-6H2,1-4H3,(H,25,28,30). The average Bonchev–Trinajstić information content (AvgIpc) is 2.80. The molecule has 3 rings (SSSR count). The van der Waals surface area contributed by atoms with Gasteiger partial charge in [-0.1, -0.05) is 0 Å². The number of aliphatic imine (C=N–C) groups is 1. The van der Waals surface area contributed by atoms with Crippen molar-refractivity contribution in [2.75, 3.05) is 32.2 Å². The number of benzene rings is 2. The summed E-state index contributed by atoms with van der Waals surface area (Å²) in [6.45, 7) is 5.93. The molecule has 0 saturated heterocycles. The predicted molar refractivity (Wildman–Crippen MR) is 125 cm³/mol. The van der Waals surface area contributed by atoms with Crippen LogP contribution in [0.5, 0.6) is 17.4 Å². The van der Waals surface area contributed by atoms with Crippen molar-refractivity contribution >= 4 is 17.6 Å². The number of hydrogen-bond acceptors (Lipinski definition) is 7. The number of nitrogens with one attached hydrogen (secondary N) is 1. The lowest BCUT2D eigenvalue weighted by atomic mass is 10.2. The number of aromatic hydroxyl groups is 1. The van der Waals surface area contributed by atoms with E-state index in [1.54, 1.807) is 12.1 Å². The Bertz CT molecular complexity index is 1220. The Balaban J connectivity index is 2.05. The molecule has 0 aliphatic rings. The van der Waals surface area contributed by atoms with Crippen molar-refractivity contribution < 1.29 is 14.6 Å². The van der Waals surface area contributed by atoms with Gasteiger partial charge in [0.05, 0.1) is 25.6 Å². The van der Waals surface area contributed by atoms with Gasteiger partial charge in [-0.05, 0) is 50.2 Å². The highest BCUT2D eigenvalue weighted by Gasteiger charge is 2.18. The van der Waals surface area contributed by atoms with E-state index in [2.05, 4.69) is 28.7 Å². The molecule has 0 aliphatic heterocycles. The van der Waals surface area contributed by atoms with E-state index in [1.807, 2.05) is 24.3 Å². The summed E-state index contributed by atoms with van der Waals surface area (Å²) in [6, 6.07) is 12.3. The van der Waals surface area contributed by atoms with Gasteiger partial charge in [-0.3, -0.25) is 14.8 Å². The van der Waals surface area contributed by atoms with E-state index in [0.717, 1.165) is 23.3 Å². The Morgan fingerprint density at radius 3 is 2.34 bits per heavy atom. The zero-order valence-corrected chi connectivity index (χ0v) is 18.5. The topological polar surface area (TPSA) is 109 Å². The van der Waals surface area contributed by atoms with E-state index in [-0.39, 0.29) is 11.3 Å². The molecule has 2 aromatic carbocycles. The summed E-state index contributed by atoms with van der Waals surface area (Å²) in [6.07, 6.45) is 1.23. The maximum atomic E-state index is 12.5. The van der Waals surface area contributed by atoms with Crippen LogP contribution in [0.25, 0.3) is 5.69 Å². The summed E-state index contributed by atoms with van der Waals surface area (Å²) >= 11 is 0. The average molecular weight is 438 g/mol. The van der Waals surface area contributed by atoms with Crippen LogP contribution in [-0.2, 0) is 0 Å². The van der Waals surface area contributed by atoms with Gasteiger partial charge < -0.3 is 19.5 Å². The van der Waals surface area contributed by atoms with Crippen LogP contribution < -0.4 is 25.6 Å². The SMILES string of the molecule is CCN(CC)c1ccc(N=Cc2c(O)n(-c3cc(OC)ccc3OC)c(=O)[nH]c2=O)cc1. The number of aromatic amines is 1. The molecule has 9 nitrogen and oxygen atoms in total. The molecule has 0 aliphatic carbocycles. The van der Waals surface area contributed by atoms with Gasteiger partial charge in [0.15, 0.2) is 0 Å². The Morgan fingerprint density at radius 1 is 1.06 bits per heavy atom. The van der Waals surface area contributed by atoms with Crippen LogP contribution in [0.3, 0.4) is 0 Å². The minimum atomic E-state index is -0.820. The van der Waals surface area contributed by atoms with Gasteiger partial charge in [0.1, 0.15) is 17.1 Å². The molecule has 0 spiro atoms. The zero-order chi connectivity index (χ0) is 23.3. The smallest absolute Gasteiger partial charge is 0.335 e. The number of ether oxygens (including phenoxy) is 2. The highest BCUT2D eigenvalue weighted by Crippen LogP contribution is 2.29. The fraction of sp³-hybridized carbons (Fsp3) is 0.261. The first-order valence-corrected chi connectivity index (χ1v) is 10.1. The molecule has 32 heavy (non-hydrogen) atoms. The van der Waals surface area contributed by atoms with Crippen LogP contribution in [0.2, 0.25) is 0 Å². The first-order chi connectivity index (χ1) is 15.4. The van der Waals surface area contributed by atoms with Gasteiger partial charge in [0.25, 0.3) is 5.56 Å². The second kappa shape index (κ2) is 9.86. The molecular weight excluding hydrogens is 412 g/mol. The zero-order valence-electron chi connectivity index (χ0n) is 18.5. The minimum absolute atomic E-state index is 0.165. The Kier molecular flexibility index (Phi) is 6.99. The highest BCUT2D eigenvalue weighted by atomic mass is 16.5. The van der Waals surface area contributed by atoms with Crippen molar-refractivity contribution in [2.45, 2.75) is 13.8 Å². The van der Waals surface area contributed by atoms with Crippen LogP contribution in [0.15, 0.2) is 57.0 Å². The highest BCUT2D eigenvalue weighted by molar-refractivity contribution is 5.84. The van der Waals surface area contributed by atoms with Gasteiger partial charge in [0.2, 0.25) is 5.88 Å². The van der Waals surface area contributed by atoms with Crippen molar-refractivity contribution in [1.29, 1.82) is 0 Å². The Hall–Kier alpha value is -4.01. The molecule has 168 valence electrons. The third-order valence-corrected chi connectivity index (χ3v) is 5.07. The number of H-pyrrole nitrogens is 1. The lowest BCUT2D eigenvalue weighted by Gasteiger charge is -2.20. The maximum absolute atomic E-state index is 12.5. The molecule has 9 heteroatoms. The van der Waals surface area contributed by atoms with E-state index < -0.39 is 17.1 Å². The number of hydrogen-bond donors (Lipinski definition) is 2. The predicted octanol–water partition coefficient (Wildman–Crippen LogP) is 2.85. The quantitative estimate of drug-likeness (QED) is 0.524. The van der Waals surface area contributed by atoms with Crippen molar-refractivity contribution in [3.63, 3.8) is 0 Å². The number of methoxy groups -OCH3 is 2. The van der Waals surface area contributed by atoms with Crippen molar-refractivity contribution in [2.24, 2.45) is 4.99 Å². The molecule has 0 fully saturated rings. The summed E-state index contributed by atoms with van der Waals surface area (Å²) in [7, 11) is 2.91. The van der Waals surface area contributed by atoms with E-state index >= 15 is 0 Å². The maximum Gasteiger partial charge on any atom is 0.335 e. The molecule has 0 radical (unpaired) electrons. The fourth-order valence-corrected chi connectivity index (χ4v) is 3.33. The fourth-order valence-electron chi connectivity index (χ4n) is 3.33. The third kappa shape index (κ3) is 4.51. The summed E-state index contributed by atoms with van der Waals surface area (Å²) in [5.74, 6) is 0.195. The van der Waals surface area contributed by atoms with Crippen LogP contribution in [0, 0.1) is 0 Å². The largest absolute Gasteiger partial charge is 0.497 e. The van der Waals surface area contributed by atoms with Gasteiger partial charge in [-0.15, -0.1) is 0 Å². The molecular formula is C23H26N4O5. The minimum Gasteiger partial charge on any atom is -0.497 e. The van der Waals surface area contributed by atoms with E-state index in [4.69, 9.17) is 9.47 Å². The van der Waals surface area contributed by atoms with Gasteiger partial charge >= 0.3 is 5.69 Å². The summed E-state index contributed by atoms with van der Waals surface area (Å²) in [4.78, 5) is 33.6. The number of rotatable bonds is 8. The van der Waals surface area contributed by atoms with Crippen LogP contribution in [-0.4, -0.2) is 48.2 Å². The summed E-state index contributed by atoms with van der Waals surface area (Å²) in [5, 5.41) is 10.8. The molecule has 0 atom stereocenters.